The van der Waals surface area contributed by atoms with Gasteiger partial charge in [0.15, 0.2) is 0 Å². The predicted molar refractivity (Wildman–Crippen MR) is 343 cm³/mol. The molecule has 0 radical (unpaired) electrons. The van der Waals surface area contributed by atoms with Crippen LogP contribution >= 0.6 is 0 Å². The average molecular weight is 1050 g/mol. The SMILES string of the molecule is c1ccc(-c2oc3cc(N(c4ccccc4)c4ccc(-c5c6ccccc6c(-c6ccc(N(c7ccccc7)c7ccc8c(-c9ccccc9)c(-c9ccccc9)oc8c7)cc6)c6ccccc56)cc4)ccc3c2-c2ccccc2)cc1. The molecule has 4 heteroatoms. The second kappa shape index (κ2) is 20.7. The molecule has 0 atom stereocenters. The van der Waals surface area contributed by atoms with E-state index in [9.17, 15) is 0 Å². The van der Waals surface area contributed by atoms with Crippen LogP contribution in [0.3, 0.4) is 0 Å². The Labute approximate surface area is 476 Å². The highest BCUT2D eigenvalue weighted by molar-refractivity contribution is 6.21. The molecule has 0 unspecified atom stereocenters. The monoisotopic (exact) mass is 1050 g/mol. The van der Waals surface area contributed by atoms with Crippen LogP contribution in [0.1, 0.15) is 0 Å². The summed E-state index contributed by atoms with van der Waals surface area (Å²) >= 11 is 0. The molecule has 82 heavy (non-hydrogen) atoms. The third-order valence-corrected chi connectivity index (χ3v) is 15.8. The number of hydrogen-bond donors (Lipinski definition) is 0. The molecule has 0 aliphatic carbocycles. The van der Waals surface area contributed by atoms with Gasteiger partial charge in [0, 0.05) is 79.3 Å². The van der Waals surface area contributed by atoms with E-state index in [-0.39, 0.29) is 0 Å². The first-order chi connectivity index (χ1) is 40.7. The molecule has 386 valence electrons. The Morgan fingerprint density at radius 1 is 0.183 bits per heavy atom. The van der Waals surface area contributed by atoms with Crippen LogP contribution in [0.4, 0.5) is 34.1 Å². The maximum absolute atomic E-state index is 6.86. The van der Waals surface area contributed by atoms with Gasteiger partial charge in [-0.25, -0.2) is 0 Å². The maximum Gasteiger partial charge on any atom is 0.143 e. The molecule has 0 aliphatic heterocycles. The van der Waals surface area contributed by atoms with Gasteiger partial charge in [-0.05, 0) is 128 Å². The smallest absolute Gasteiger partial charge is 0.143 e. The molecule has 4 nitrogen and oxygen atoms in total. The van der Waals surface area contributed by atoms with Crippen LogP contribution in [-0.2, 0) is 0 Å². The quantitative estimate of drug-likeness (QED) is 0.114. The molecular formula is C78H52N2O2. The summed E-state index contributed by atoms with van der Waals surface area (Å²) in [5.41, 5.74) is 19.1. The fraction of sp³-hybridized carbons (Fsp3) is 0. The summed E-state index contributed by atoms with van der Waals surface area (Å²) in [6.07, 6.45) is 0. The van der Waals surface area contributed by atoms with E-state index in [1.807, 2.05) is 12.1 Å². The molecule has 0 aliphatic rings. The maximum atomic E-state index is 6.86. The summed E-state index contributed by atoms with van der Waals surface area (Å²) in [5.74, 6) is 1.73. The van der Waals surface area contributed by atoms with Gasteiger partial charge >= 0.3 is 0 Å². The van der Waals surface area contributed by atoms with Gasteiger partial charge in [-0.2, -0.15) is 0 Å². The van der Waals surface area contributed by atoms with Crippen molar-refractivity contribution >= 4 is 77.6 Å². The zero-order chi connectivity index (χ0) is 54.3. The first-order valence-electron chi connectivity index (χ1n) is 27.9. The zero-order valence-corrected chi connectivity index (χ0v) is 44.7. The fourth-order valence-corrected chi connectivity index (χ4v) is 12.2. The topological polar surface area (TPSA) is 32.8 Å². The lowest BCUT2D eigenvalue weighted by Crippen LogP contribution is -2.09. The molecule has 2 heterocycles. The minimum Gasteiger partial charge on any atom is -0.455 e. The summed E-state index contributed by atoms with van der Waals surface area (Å²) in [4.78, 5) is 4.63. The molecule has 0 amide bonds. The van der Waals surface area contributed by atoms with Crippen molar-refractivity contribution < 1.29 is 8.83 Å². The van der Waals surface area contributed by atoms with Crippen LogP contribution in [0.5, 0.6) is 0 Å². The Bertz CT molecular complexity index is 4390. The predicted octanol–water partition coefficient (Wildman–Crippen LogP) is 22.4. The normalized spacial score (nSPS) is 11.4. The number of furan rings is 2. The Morgan fingerprint density at radius 2 is 0.439 bits per heavy atom. The number of hydrogen-bond acceptors (Lipinski definition) is 4. The van der Waals surface area contributed by atoms with Crippen LogP contribution in [0.15, 0.2) is 324 Å². The van der Waals surface area contributed by atoms with Crippen LogP contribution in [0.25, 0.3) is 111 Å². The largest absolute Gasteiger partial charge is 0.455 e. The van der Waals surface area contributed by atoms with E-state index in [1.54, 1.807) is 0 Å². The van der Waals surface area contributed by atoms with Crippen molar-refractivity contribution in [2.24, 2.45) is 0 Å². The second-order valence-electron chi connectivity index (χ2n) is 20.7. The third-order valence-electron chi connectivity index (χ3n) is 15.8. The van der Waals surface area contributed by atoms with Crippen LogP contribution in [0.2, 0.25) is 0 Å². The molecule has 15 aromatic rings. The Balaban J connectivity index is 0.809. The lowest BCUT2D eigenvalue weighted by atomic mass is 9.86. The van der Waals surface area contributed by atoms with Crippen molar-refractivity contribution in [1.29, 1.82) is 0 Å². The second-order valence-corrected chi connectivity index (χ2v) is 20.7. The zero-order valence-electron chi connectivity index (χ0n) is 44.7. The lowest BCUT2D eigenvalue weighted by Gasteiger charge is -2.26. The Kier molecular flexibility index (Phi) is 12.2. The van der Waals surface area contributed by atoms with Crippen molar-refractivity contribution in [3.05, 3.63) is 315 Å². The molecule has 0 N–H and O–H groups in total. The molecular weight excluding hydrogens is 997 g/mol. The number of rotatable bonds is 12. The van der Waals surface area contributed by atoms with Gasteiger partial charge in [-0.1, -0.05) is 231 Å². The average Bonchev–Trinajstić information content (AvgIpc) is 3.43. The minimum absolute atomic E-state index is 0.830. The van der Waals surface area contributed by atoms with Crippen molar-refractivity contribution in [3.8, 4) is 67.2 Å². The lowest BCUT2D eigenvalue weighted by molar-refractivity contribution is 0.632. The summed E-state index contributed by atoms with van der Waals surface area (Å²) < 4.78 is 13.7. The van der Waals surface area contributed by atoms with Crippen molar-refractivity contribution in [1.82, 2.24) is 0 Å². The molecule has 0 spiro atoms. The summed E-state index contributed by atoms with van der Waals surface area (Å²) in [5, 5.41) is 6.93. The Hall–Kier alpha value is -10.9. The molecule has 2 aromatic heterocycles. The molecule has 0 bridgehead atoms. The van der Waals surface area contributed by atoms with E-state index in [4.69, 9.17) is 8.83 Å². The third kappa shape index (κ3) is 8.58. The number of fused-ring (bicyclic) bond motifs is 4. The van der Waals surface area contributed by atoms with Crippen LogP contribution in [-0.4, -0.2) is 0 Å². The summed E-state index contributed by atoms with van der Waals surface area (Å²) in [6.45, 7) is 0. The number of nitrogens with zero attached hydrogens (tertiary/aromatic N) is 2. The van der Waals surface area contributed by atoms with Gasteiger partial charge in [-0.15, -0.1) is 0 Å². The number of anilines is 6. The fourth-order valence-electron chi connectivity index (χ4n) is 12.2. The van der Waals surface area contributed by atoms with E-state index in [0.717, 1.165) is 112 Å². The first kappa shape index (κ1) is 48.2. The highest BCUT2D eigenvalue weighted by Gasteiger charge is 2.24. The number of benzene rings is 13. The highest BCUT2D eigenvalue weighted by atomic mass is 16.3. The highest BCUT2D eigenvalue weighted by Crippen LogP contribution is 2.49. The van der Waals surface area contributed by atoms with Gasteiger partial charge in [-0.3, -0.25) is 0 Å². The van der Waals surface area contributed by atoms with Crippen molar-refractivity contribution in [2.45, 2.75) is 0 Å². The van der Waals surface area contributed by atoms with E-state index >= 15 is 0 Å². The molecule has 0 saturated heterocycles. The van der Waals surface area contributed by atoms with E-state index in [2.05, 4.69) is 313 Å². The molecule has 15 rings (SSSR count). The summed E-state index contributed by atoms with van der Waals surface area (Å²) in [6, 6.07) is 112. The minimum atomic E-state index is 0.830. The Morgan fingerprint density at radius 3 is 0.768 bits per heavy atom. The van der Waals surface area contributed by atoms with Gasteiger partial charge in [0.05, 0.1) is 0 Å². The molecule has 0 saturated carbocycles. The van der Waals surface area contributed by atoms with Gasteiger partial charge in [0.25, 0.3) is 0 Å². The van der Waals surface area contributed by atoms with Crippen LogP contribution < -0.4 is 9.80 Å². The van der Waals surface area contributed by atoms with Crippen molar-refractivity contribution in [3.63, 3.8) is 0 Å². The number of para-hydroxylation sites is 2. The van der Waals surface area contributed by atoms with E-state index in [1.165, 1.54) is 32.7 Å². The summed E-state index contributed by atoms with van der Waals surface area (Å²) in [7, 11) is 0. The van der Waals surface area contributed by atoms with Gasteiger partial charge < -0.3 is 18.6 Å². The van der Waals surface area contributed by atoms with E-state index < -0.39 is 0 Å². The first-order valence-corrected chi connectivity index (χ1v) is 27.9. The molecule has 0 fully saturated rings. The van der Waals surface area contributed by atoms with Gasteiger partial charge in [0.2, 0.25) is 0 Å². The molecule has 13 aromatic carbocycles. The van der Waals surface area contributed by atoms with E-state index in [0.29, 0.717) is 0 Å². The van der Waals surface area contributed by atoms with Crippen LogP contribution in [0, 0.1) is 0 Å². The van der Waals surface area contributed by atoms with Crippen molar-refractivity contribution in [2.75, 3.05) is 9.80 Å². The van der Waals surface area contributed by atoms with Gasteiger partial charge in [0.1, 0.15) is 22.7 Å². The standard InChI is InChI=1S/C78H52N2O2/c1-7-23-53(24-8-1)75-69-49-47-63(51-71(69)81-77(75)57-27-11-3-12-28-57)79(59-31-15-5-16-32-59)61-43-39-55(40-44-61)73-65-35-19-21-37-67(65)74(68-38-22-20-36-66(68)73)56-41-45-62(46-42-56)80(60-33-17-6-18-34-60)64-48-50-70-72(52-64)82-78(58-29-13-4-14-30-58)76(70)54-25-9-2-10-26-54/h1-52H.